The SMILES string of the molecule is COc1ccccc1C(=O)N/N=C(\C)c1cc(C)ccn1. The van der Waals surface area contributed by atoms with Crippen LogP contribution in [0.15, 0.2) is 47.7 Å². The van der Waals surface area contributed by atoms with Crippen LogP contribution in [0, 0.1) is 6.92 Å². The van der Waals surface area contributed by atoms with E-state index in [0.717, 1.165) is 11.3 Å². The molecule has 5 heteroatoms. The van der Waals surface area contributed by atoms with Gasteiger partial charge in [0.1, 0.15) is 5.75 Å². The lowest BCUT2D eigenvalue weighted by Crippen LogP contribution is -2.20. The number of hydrogen-bond donors (Lipinski definition) is 1. The van der Waals surface area contributed by atoms with Crippen molar-refractivity contribution in [3.8, 4) is 5.75 Å². The van der Waals surface area contributed by atoms with Crippen LogP contribution in [0.2, 0.25) is 0 Å². The fourth-order valence-electron chi connectivity index (χ4n) is 1.82. The van der Waals surface area contributed by atoms with Gasteiger partial charge >= 0.3 is 0 Å². The monoisotopic (exact) mass is 283 g/mol. The third-order valence-electron chi connectivity index (χ3n) is 2.96. The molecule has 1 aromatic heterocycles. The number of carbonyl (C=O) groups excluding carboxylic acids is 1. The maximum atomic E-state index is 12.1. The Bertz CT molecular complexity index is 681. The quantitative estimate of drug-likeness (QED) is 0.693. The number of methoxy groups -OCH3 is 1. The van der Waals surface area contributed by atoms with Gasteiger partial charge in [0.2, 0.25) is 0 Å². The van der Waals surface area contributed by atoms with E-state index in [1.807, 2.05) is 19.1 Å². The van der Waals surface area contributed by atoms with Gasteiger partial charge in [-0.25, -0.2) is 5.43 Å². The zero-order chi connectivity index (χ0) is 15.2. The van der Waals surface area contributed by atoms with E-state index in [2.05, 4.69) is 15.5 Å². The predicted octanol–water partition coefficient (Wildman–Crippen LogP) is 2.55. The molecule has 0 aliphatic carbocycles. The molecule has 1 N–H and O–H groups in total. The van der Waals surface area contributed by atoms with E-state index in [4.69, 9.17) is 4.74 Å². The van der Waals surface area contributed by atoms with Crippen LogP contribution in [0.1, 0.15) is 28.5 Å². The molecule has 0 saturated heterocycles. The number of nitrogens with zero attached hydrogens (tertiary/aromatic N) is 2. The van der Waals surface area contributed by atoms with Gasteiger partial charge in [-0.1, -0.05) is 12.1 Å². The van der Waals surface area contributed by atoms with E-state index in [1.54, 1.807) is 37.4 Å². The van der Waals surface area contributed by atoms with Gasteiger partial charge in [0.15, 0.2) is 0 Å². The minimum atomic E-state index is -0.320. The molecule has 0 unspecified atom stereocenters. The molecule has 0 aliphatic rings. The molecule has 5 nitrogen and oxygen atoms in total. The van der Waals surface area contributed by atoms with Crippen LogP contribution in [0.4, 0.5) is 0 Å². The molecule has 0 spiro atoms. The van der Waals surface area contributed by atoms with Crippen molar-refractivity contribution in [1.29, 1.82) is 0 Å². The van der Waals surface area contributed by atoms with Gasteiger partial charge < -0.3 is 4.74 Å². The van der Waals surface area contributed by atoms with E-state index in [0.29, 0.717) is 17.0 Å². The summed E-state index contributed by atoms with van der Waals surface area (Å²) in [5.74, 6) is 0.191. The molecule has 1 heterocycles. The Morgan fingerprint density at radius 2 is 2.05 bits per heavy atom. The van der Waals surface area contributed by atoms with E-state index in [-0.39, 0.29) is 5.91 Å². The molecule has 2 rings (SSSR count). The number of benzene rings is 1. The number of ether oxygens (including phenoxy) is 1. The van der Waals surface area contributed by atoms with Gasteiger partial charge in [0.05, 0.1) is 24.1 Å². The van der Waals surface area contributed by atoms with Gasteiger partial charge in [-0.05, 0) is 43.7 Å². The smallest absolute Gasteiger partial charge is 0.275 e. The first-order chi connectivity index (χ1) is 10.1. The number of aryl methyl sites for hydroxylation is 1. The van der Waals surface area contributed by atoms with Crippen LogP contribution in [-0.4, -0.2) is 23.7 Å². The molecule has 0 aliphatic heterocycles. The summed E-state index contributed by atoms with van der Waals surface area (Å²) in [4.78, 5) is 16.3. The van der Waals surface area contributed by atoms with Crippen LogP contribution in [0.5, 0.6) is 5.75 Å². The Labute approximate surface area is 123 Å². The molecule has 108 valence electrons. The van der Waals surface area contributed by atoms with Gasteiger partial charge in [0, 0.05) is 6.20 Å². The second kappa shape index (κ2) is 6.65. The van der Waals surface area contributed by atoms with Crippen LogP contribution >= 0.6 is 0 Å². The Balaban J connectivity index is 2.15. The summed E-state index contributed by atoms with van der Waals surface area (Å²) >= 11 is 0. The standard InChI is InChI=1S/C16H17N3O2/c1-11-8-9-17-14(10-11)12(2)18-19-16(20)13-6-4-5-7-15(13)21-3/h4-10H,1-3H3,(H,19,20)/b18-12+. The summed E-state index contributed by atoms with van der Waals surface area (Å²) in [5, 5.41) is 4.09. The lowest BCUT2D eigenvalue weighted by atomic mass is 10.2. The highest BCUT2D eigenvalue weighted by Crippen LogP contribution is 2.16. The van der Waals surface area contributed by atoms with E-state index in [1.165, 1.54) is 7.11 Å². The molecule has 2 aromatic rings. The molecule has 0 atom stereocenters. The molecule has 0 fully saturated rings. The molecule has 0 bridgehead atoms. The third-order valence-corrected chi connectivity index (χ3v) is 2.96. The maximum absolute atomic E-state index is 12.1. The molecule has 0 radical (unpaired) electrons. The molecule has 1 amide bonds. The average Bonchev–Trinajstić information content (AvgIpc) is 2.52. The van der Waals surface area contributed by atoms with Crippen molar-refractivity contribution >= 4 is 11.6 Å². The normalized spacial score (nSPS) is 11.1. The second-order valence-corrected chi connectivity index (χ2v) is 4.56. The fraction of sp³-hybridized carbons (Fsp3) is 0.188. The Morgan fingerprint density at radius 1 is 1.29 bits per heavy atom. The molecule has 0 saturated carbocycles. The summed E-state index contributed by atoms with van der Waals surface area (Å²) < 4.78 is 5.15. The third kappa shape index (κ3) is 3.66. The van der Waals surface area contributed by atoms with Crippen molar-refractivity contribution < 1.29 is 9.53 Å². The summed E-state index contributed by atoms with van der Waals surface area (Å²) in [7, 11) is 1.53. The highest BCUT2D eigenvalue weighted by Gasteiger charge is 2.10. The van der Waals surface area contributed by atoms with Crippen molar-refractivity contribution in [2.75, 3.05) is 7.11 Å². The van der Waals surface area contributed by atoms with Crippen molar-refractivity contribution in [2.45, 2.75) is 13.8 Å². The average molecular weight is 283 g/mol. The number of carbonyl (C=O) groups is 1. The van der Waals surface area contributed by atoms with E-state index in [9.17, 15) is 4.79 Å². The first-order valence-electron chi connectivity index (χ1n) is 6.52. The van der Waals surface area contributed by atoms with Gasteiger partial charge in [-0.2, -0.15) is 5.10 Å². The van der Waals surface area contributed by atoms with E-state index < -0.39 is 0 Å². The summed E-state index contributed by atoms with van der Waals surface area (Å²) in [6, 6.07) is 10.8. The number of amides is 1. The van der Waals surface area contributed by atoms with Crippen molar-refractivity contribution in [3.05, 3.63) is 59.4 Å². The van der Waals surface area contributed by atoms with Crippen molar-refractivity contribution in [2.24, 2.45) is 5.10 Å². The van der Waals surface area contributed by atoms with Crippen LogP contribution < -0.4 is 10.2 Å². The number of para-hydroxylation sites is 1. The van der Waals surface area contributed by atoms with Gasteiger partial charge in [0.25, 0.3) is 5.91 Å². The summed E-state index contributed by atoms with van der Waals surface area (Å²) in [6.07, 6.45) is 1.71. The first-order valence-corrected chi connectivity index (χ1v) is 6.52. The van der Waals surface area contributed by atoms with Gasteiger partial charge in [-0.3, -0.25) is 9.78 Å². The largest absolute Gasteiger partial charge is 0.496 e. The lowest BCUT2D eigenvalue weighted by Gasteiger charge is -2.07. The summed E-state index contributed by atoms with van der Waals surface area (Å²) in [5.41, 5.74) is 5.42. The zero-order valence-corrected chi connectivity index (χ0v) is 12.3. The Morgan fingerprint density at radius 3 is 2.76 bits per heavy atom. The minimum absolute atomic E-state index is 0.320. The summed E-state index contributed by atoms with van der Waals surface area (Å²) in [6.45, 7) is 3.77. The highest BCUT2D eigenvalue weighted by atomic mass is 16.5. The van der Waals surface area contributed by atoms with Crippen molar-refractivity contribution in [1.82, 2.24) is 10.4 Å². The maximum Gasteiger partial charge on any atom is 0.275 e. The molecular weight excluding hydrogens is 266 g/mol. The molecule has 1 aromatic carbocycles. The molecular formula is C16H17N3O2. The minimum Gasteiger partial charge on any atom is -0.496 e. The van der Waals surface area contributed by atoms with Crippen molar-refractivity contribution in [3.63, 3.8) is 0 Å². The molecule has 21 heavy (non-hydrogen) atoms. The van der Waals surface area contributed by atoms with Crippen LogP contribution in [0.25, 0.3) is 0 Å². The number of rotatable bonds is 4. The second-order valence-electron chi connectivity index (χ2n) is 4.56. The van der Waals surface area contributed by atoms with Crippen LogP contribution in [0.3, 0.4) is 0 Å². The van der Waals surface area contributed by atoms with Crippen LogP contribution in [-0.2, 0) is 0 Å². The number of nitrogens with one attached hydrogen (secondary N) is 1. The van der Waals surface area contributed by atoms with Gasteiger partial charge in [-0.15, -0.1) is 0 Å². The number of pyridine rings is 1. The fourth-order valence-corrected chi connectivity index (χ4v) is 1.82. The lowest BCUT2D eigenvalue weighted by molar-refractivity contribution is 0.0952. The number of hydrazone groups is 1. The topological polar surface area (TPSA) is 63.6 Å². The predicted molar refractivity (Wildman–Crippen MR) is 81.6 cm³/mol. The highest BCUT2D eigenvalue weighted by molar-refractivity contribution is 6.00. The van der Waals surface area contributed by atoms with E-state index >= 15 is 0 Å². The number of hydrogen-bond acceptors (Lipinski definition) is 4. The number of aromatic nitrogens is 1. The Kier molecular flexibility index (Phi) is 4.66. The zero-order valence-electron chi connectivity index (χ0n) is 12.3. The first kappa shape index (κ1) is 14.7. The Hall–Kier alpha value is -2.69.